The Balaban J connectivity index is 2.38. The van der Waals surface area contributed by atoms with Gasteiger partial charge < -0.3 is 9.84 Å². The van der Waals surface area contributed by atoms with Gasteiger partial charge in [-0.25, -0.2) is 10.2 Å². The van der Waals surface area contributed by atoms with Crippen LogP contribution in [0.25, 0.3) is 0 Å². The summed E-state index contributed by atoms with van der Waals surface area (Å²) in [5, 5.41) is 13.8. The number of aliphatic hydroxyl groups is 1. The van der Waals surface area contributed by atoms with Gasteiger partial charge in [-0.2, -0.15) is 5.10 Å². The Hall–Kier alpha value is -1.10. The third-order valence-electron chi connectivity index (χ3n) is 2.61. The molecule has 98 valence electrons. The zero-order chi connectivity index (χ0) is 13.1. The number of hydrazone groups is 1. The van der Waals surface area contributed by atoms with Crippen molar-refractivity contribution in [3.05, 3.63) is 0 Å². The number of ether oxygens (including phenoxy) is 1. The number of hydrogen-bond acceptors (Lipinski definition) is 4. The zero-order valence-corrected chi connectivity index (χ0v) is 11.0. The molecule has 0 unspecified atom stereocenters. The maximum Gasteiger partial charge on any atom is 0.428 e. The Morgan fingerprint density at radius 1 is 1.41 bits per heavy atom. The van der Waals surface area contributed by atoms with Crippen LogP contribution < -0.4 is 5.43 Å². The molecule has 1 fully saturated rings. The smallest absolute Gasteiger partial charge is 0.428 e. The first kappa shape index (κ1) is 14.0. The van der Waals surface area contributed by atoms with Crippen molar-refractivity contribution in [2.24, 2.45) is 5.10 Å². The molecule has 1 amide bonds. The van der Waals surface area contributed by atoms with Crippen molar-refractivity contribution in [2.75, 3.05) is 0 Å². The zero-order valence-electron chi connectivity index (χ0n) is 11.0. The number of rotatable bonds is 1. The number of amides is 1. The van der Waals surface area contributed by atoms with Crippen molar-refractivity contribution in [2.45, 2.75) is 64.6 Å². The van der Waals surface area contributed by atoms with E-state index in [-0.39, 0.29) is 0 Å². The molecule has 17 heavy (non-hydrogen) atoms. The van der Waals surface area contributed by atoms with Crippen LogP contribution >= 0.6 is 0 Å². The van der Waals surface area contributed by atoms with E-state index in [0.717, 1.165) is 5.71 Å². The van der Waals surface area contributed by atoms with Crippen molar-refractivity contribution in [3.8, 4) is 0 Å². The van der Waals surface area contributed by atoms with Crippen LogP contribution in [0.5, 0.6) is 0 Å². The summed E-state index contributed by atoms with van der Waals surface area (Å²) in [5.74, 6) is 0. The van der Waals surface area contributed by atoms with Gasteiger partial charge >= 0.3 is 6.09 Å². The topological polar surface area (TPSA) is 70.9 Å². The summed E-state index contributed by atoms with van der Waals surface area (Å²) in [6.45, 7) is 7.23. The Morgan fingerprint density at radius 3 is 2.41 bits per heavy atom. The molecule has 5 heteroatoms. The normalized spacial score (nSPS) is 25.4. The first-order valence-corrected chi connectivity index (χ1v) is 5.95. The molecule has 0 aromatic heterocycles. The Bertz CT molecular complexity index is 304. The molecular weight excluding hydrogens is 220 g/mol. The third kappa shape index (κ3) is 5.68. The highest BCUT2D eigenvalue weighted by atomic mass is 16.6. The summed E-state index contributed by atoms with van der Waals surface area (Å²) in [7, 11) is 0. The second-order valence-electron chi connectivity index (χ2n) is 5.79. The van der Waals surface area contributed by atoms with Crippen LogP contribution in [0.15, 0.2) is 5.10 Å². The van der Waals surface area contributed by atoms with Crippen LogP contribution in [0.2, 0.25) is 0 Å². The fourth-order valence-electron chi connectivity index (χ4n) is 1.61. The minimum Gasteiger partial charge on any atom is -0.443 e. The lowest BCUT2D eigenvalue weighted by Gasteiger charge is -2.28. The molecule has 1 aliphatic rings. The highest BCUT2D eigenvalue weighted by molar-refractivity contribution is 5.86. The van der Waals surface area contributed by atoms with Gasteiger partial charge in [-0.15, -0.1) is 0 Å². The lowest BCUT2D eigenvalue weighted by Crippen LogP contribution is -2.33. The van der Waals surface area contributed by atoms with E-state index in [2.05, 4.69) is 10.5 Å². The molecule has 1 rings (SSSR count). The van der Waals surface area contributed by atoms with E-state index in [1.165, 1.54) is 0 Å². The van der Waals surface area contributed by atoms with Crippen LogP contribution in [0.3, 0.4) is 0 Å². The molecule has 1 saturated carbocycles. The molecule has 2 N–H and O–H groups in total. The molecule has 0 aromatic rings. The molecule has 0 heterocycles. The van der Waals surface area contributed by atoms with E-state index < -0.39 is 17.3 Å². The quantitative estimate of drug-likeness (QED) is 0.692. The number of nitrogens with one attached hydrogen (secondary N) is 1. The lowest BCUT2D eigenvalue weighted by atomic mass is 9.85. The standard InChI is InChI=1S/C12H22N2O3/c1-11(2,3)17-10(15)14-13-9-5-7-12(4,16)8-6-9/h16H,5-8H2,1-4H3,(H,14,15). The fraction of sp³-hybridized carbons (Fsp3) is 0.833. The van der Waals surface area contributed by atoms with E-state index in [0.29, 0.717) is 25.7 Å². The summed E-state index contributed by atoms with van der Waals surface area (Å²) < 4.78 is 5.06. The summed E-state index contributed by atoms with van der Waals surface area (Å²) in [6, 6.07) is 0. The lowest BCUT2D eigenvalue weighted by molar-refractivity contribution is 0.0396. The van der Waals surface area contributed by atoms with Gasteiger partial charge in [0.1, 0.15) is 5.60 Å². The number of nitrogens with zero attached hydrogens (tertiary/aromatic N) is 1. The van der Waals surface area contributed by atoms with Gasteiger partial charge in [0.15, 0.2) is 0 Å². The monoisotopic (exact) mass is 242 g/mol. The van der Waals surface area contributed by atoms with E-state index >= 15 is 0 Å². The molecule has 1 aliphatic carbocycles. The summed E-state index contributed by atoms with van der Waals surface area (Å²) in [6.07, 6.45) is 2.25. The van der Waals surface area contributed by atoms with E-state index in [9.17, 15) is 9.90 Å². The third-order valence-corrected chi connectivity index (χ3v) is 2.61. The SMILES string of the molecule is CC1(O)CCC(=NNC(=O)OC(C)(C)C)CC1. The van der Waals surface area contributed by atoms with Crippen LogP contribution in [0.1, 0.15) is 53.4 Å². The maximum atomic E-state index is 11.3. The molecule has 0 saturated heterocycles. The first-order valence-electron chi connectivity index (χ1n) is 5.95. The molecule has 0 aliphatic heterocycles. The van der Waals surface area contributed by atoms with E-state index in [4.69, 9.17) is 4.74 Å². The Morgan fingerprint density at radius 2 is 1.94 bits per heavy atom. The minimum absolute atomic E-state index is 0.513. The van der Waals surface area contributed by atoms with Crippen LogP contribution in [0.4, 0.5) is 4.79 Å². The molecule has 5 nitrogen and oxygen atoms in total. The van der Waals surface area contributed by atoms with Gasteiger partial charge in [-0.3, -0.25) is 0 Å². The first-order chi connectivity index (χ1) is 7.68. The van der Waals surface area contributed by atoms with E-state index in [1.54, 1.807) is 20.8 Å². The Labute approximate surface area is 102 Å². The molecule has 0 bridgehead atoms. The van der Waals surface area contributed by atoms with Gasteiger partial charge in [0.25, 0.3) is 0 Å². The highest BCUT2D eigenvalue weighted by Gasteiger charge is 2.26. The second kappa shape index (κ2) is 5.04. The van der Waals surface area contributed by atoms with Gasteiger partial charge in [-0.1, -0.05) is 0 Å². The number of hydrogen-bond donors (Lipinski definition) is 2. The summed E-state index contributed by atoms with van der Waals surface area (Å²) in [5.41, 5.74) is 2.18. The number of carbonyl (C=O) groups is 1. The molecular formula is C12H22N2O3. The predicted molar refractivity (Wildman–Crippen MR) is 65.9 cm³/mol. The van der Waals surface area contributed by atoms with Crippen LogP contribution in [0, 0.1) is 0 Å². The van der Waals surface area contributed by atoms with Gasteiger partial charge in [0, 0.05) is 5.71 Å². The van der Waals surface area contributed by atoms with Crippen LogP contribution in [-0.2, 0) is 4.74 Å². The van der Waals surface area contributed by atoms with Gasteiger partial charge in [0.05, 0.1) is 5.60 Å². The fourth-order valence-corrected chi connectivity index (χ4v) is 1.61. The maximum absolute atomic E-state index is 11.3. The second-order valence-corrected chi connectivity index (χ2v) is 5.79. The van der Waals surface area contributed by atoms with Crippen molar-refractivity contribution in [1.82, 2.24) is 5.43 Å². The minimum atomic E-state index is -0.592. The summed E-state index contributed by atoms with van der Waals surface area (Å²) >= 11 is 0. The average Bonchev–Trinajstić information content (AvgIpc) is 2.13. The van der Waals surface area contributed by atoms with Crippen molar-refractivity contribution >= 4 is 11.8 Å². The van der Waals surface area contributed by atoms with Gasteiger partial charge in [0.2, 0.25) is 0 Å². The average molecular weight is 242 g/mol. The highest BCUT2D eigenvalue weighted by Crippen LogP contribution is 2.25. The van der Waals surface area contributed by atoms with Crippen molar-refractivity contribution in [1.29, 1.82) is 0 Å². The predicted octanol–water partition coefficient (Wildman–Crippen LogP) is 2.19. The molecule has 0 spiro atoms. The summed E-state index contributed by atoms with van der Waals surface area (Å²) in [4.78, 5) is 11.3. The number of carbonyl (C=O) groups excluding carboxylic acids is 1. The van der Waals surface area contributed by atoms with E-state index in [1.807, 2.05) is 6.92 Å². The molecule has 0 atom stereocenters. The Kier molecular flexibility index (Phi) is 4.14. The van der Waals surface area contributed by atoms with Crippen LogP contribution in [-0.4, -0.2) is 28.1 Å². The molecule has 0 aromatic carbocycles. The molecule has 0 radical (unpaired) electrons. The van der Waals surface area contributed by atoms with Crippen molar-refractivity contribution < 1.29 is 14.6 Å². The van der Waals surface area contributed by atoms with Gasteiger partial charge in [-0.05, 0) is 53.4 Å². The van der Waals surface area contributed by atoms with Crippen molar-refractivity contribution in [3.63, 3.8) is 0 Å². The largest absolute Gasteiger partial charge is 0.443 e.